The SMILES string of the molecule is CCCCCCCC1OC(=O)C(C)=C1C. The molecular weight excluding hydrogens is 188 g/mol. The van der Waals surface area contributed by atoms with Crippen molar-refractivity contribution in [2.75, 3.05) is 0 Å². The van der Waals surface area contributed by atoms with Gasteiger partial charge in [0.2, 0.25) is 0 Å². The molecule has 0 aromatic carbocycles. The lowest BCUT2D eigenvalue weighted by Gasteiger charge is -2.10. The molecule has 1 aliphatic heterocycles. The molecule has 0 amide bonds. The fourth-order valence-electron chi connectivity index (χ4n) is 1.92. The first-order valence-corrected chi connectivity index (χ1v) is 6.05. The Balaban J connectivity index is 2.21. The van der Waals surface area contributed by atoms with E-state index < -0.39 is 0 Å². The van der Waals surface area contributed by atoms with E-state index in [1.165, 1.54) is 32.1 Å². The van der Waals surface area contributed by atoms with Crippen LogP contribution < -0.4 is 0 Å². The fraction of sp³-hybridized carbons (Fsp3) is 0.769. The molecule has 1 rings (SSSR count). The molecule has 1 unspecified atom stereocenters. The van der Waals surface area contributed by atoms with Crippen LogP contribution in [0.4, 0.5) is 0 Å². The second kappa shape index (κ2) is 5.94. The van der Waals surface area contributed by atoms with E-state index in [9.17, 15) is 4.79 Å². The van der Waals surface area contributed by atoms with Crippen molar-refractivity contribution >= 4 is 5.97 Å². The van der Waals surface area contributed by atoms with Crippen molar-refractivity contribution in [1.29, 1.82) is 0 Å². The lowest BCUT2D eigenvalue weighted by Crippen LogP contribution is -2.10. The minimum absolute atomic E-state index is 0.0686. The summed E-state index contributed by atoms with van der Waals surface area (Å²) in [7, 11) is 0. The van der Waals surface area contributed by atoms with Gasteiger partial charge in [0.25, 0.3) is 0 Å². The number of carbonyl (C=O) groups is 1. The van der Waals surface area contributed by atoms with Crippen molar-refractivity contribution in [3.05, 3.63) is 11.1 Å². The highest BCUT2D eigenvalue weighted by atomic mass is 16.5. The largest absolute Gasteiger partial charge is 0.454 e. The summed E-state index contributed by atoms with van der Waals surface area (Å²) in [5.74, 6) is -0.119. The summed E-state index contributed by atoms with van der Waals surface area (Å²) in [6, 6.07) is 0. The monoisotopic (exact) mass is 210 g/mol. The number of carbonyl (C=O) groups excluding carboxylic acids is 1. The van der Waals surface area contributed by atoms with Crippen LogP contribution in [-0.2, 0) is 9.53 Å². The highest BCUT2D eigenvalue weighted by Crippen LogP contribution is 2.25. The molecule has 0 bridgehead atoms. The molecule has 0 fully saturated rings. The summed E-state index contributed by atoms with van der Waals surface area (Å²) < 4.78 is 5.28. The van der Waals surface area contributed by atoms with E-state index in [0.717, 1.165) is 17.6 Å². The molecular formula is C13H22O2. The van der Waals surface area contributed by atoms with Gasteiger partial charge in [-0.15, -0.1) is 0 Å². The number of esters is 1. The standard InChI is InChI=1S/C13H22O2/c1-4-5-6-7-8-9-12-10(2)11(3)13(14)15-12/h12H,4-9H2,1-3H3. The predicted molar refractivity (Wildman–Crippen MR) is 61.6 cm³/mol. The van der Waals surface area contributed by atoms with Crippen LogP contribution in [0.2, 0.25) is 0 Å². The lowest BCUT2D eigenvalue weighted by atomic mass is 10.0. The maximum atomic E-state index is 11.2. The molecule has 0 spiro atoms. The molecule has 0 aromatic heterocycles. The third-order valence-electron chi connectivity index (χ3n) is 3.20. The van der Waals surface area contributed by atoms with E-state index in [0.29, 0.717) is 0 Å². The Hall–Kier alpha value is -0.790. The van der Waals surface area contributed by atoms with E-state index in [4.69, 9.17) is 4.74 Å². The summed E-state index contributed by atoms with van der Waals surface area (Å²) in [6.07, 6.45) is 7.39. The summed E-state index contributed by atoms with van der Waals surface area (Å²) >= 11 is 0. The number of hydrogen-bond acceptors (Lipinski definition) is 2. The number of unbranched alkanes of at least 4 members (excludes halogenated alkanes) is 4. The van der Waals surface area contributed by atoms with Crippen LogP contribution in [0.25, 0.3) is 0 Å². The normalized spacial score (nSPS) is 21.0. The fourth-order valence-corrected chi connectivity index (χ4v) is 1.92. The van der Waals surface area contributed by atoms with Crippen LogP contribution in [0.1, 0.15) is 59.3 Å². The number of rotatable bonds is 6. The van der Waals surface area contributed by atoms with Crippen molar-refractivity contribution in [2.24, 2.45) is 0 Å². The van der Waals surface area contributed by atoms with Crippen LogP contribution in [0, 0.1) is 0 Å². The van der Waals surface area contributed by atoms with Gasteiger partial charge < -0.3 is 4.74 Å². The van der Waals surface area contributed by atoms with Gasteiger partial charge in [0, 0.05) is 5.57 Å². The van der Waals surface area contributed by atoms with E-state index in [1.807, 2.05) is 13.8 Å². The molecule has 1 atom stereocenters. The number of ether oxygens (including phenoxy) is 1. The minimum Gasteiger partial charge on any atom is -0.454 e. The van der Waals surface area contributed by atoms with E-state index >= 15 is 0 Å². The van der Waals surface area contributed by atoms with Gasteiger partial charge in [0.15, 0.2) is 0 Å². The number of hydrogen-bond donors (Lipinski definition) is 0. The number of cyclic esters (lactones) is 1. The zero-order chi connectivity index (χ0) is 11.3. The third-order valence-corrected chi connectivity index (χ3v) is 3.20. The summed E-state index contributed by atoms with van der Waals surface area (Å²) in [5.41, 5.74) is 1.95. The smallest absolute Gasteiger partial charge is 0.334 e. The lowest BCUT2D eigenvalue weighted by molar-refractivity contribution is -0.139. The first-order chi connectivity index (χ1) is 7.16. The molecule has 0 saturated heterocycles. The molecule has 1 heterocycles. The highest BCUT2D eigenvalue weighted by Gasteiger charge is 2.27. The summed E-state index contributed by atoms with van der Waals surface area (Å²) in [4.78, 5) is 11.2. The molecule has 0 aromatic rings. The Kier molecular flexibility index (Phi) is 4.86. The Bertz CT molecular complexity index is 253. The maximum Gasteiger partial charge on any atom is 0.334 e. The molecule has 0 N–H and O–H groups in total. The van der Waals surface area contributed by atoms with Crippen LogP contribution in [0.5, 0.6) is 0 Å². The maximum absolute atomic E-state index is 11.2. The summed E-state index contributed by atoms with van der Waals surface area (Å²) in [5, 5.41) is 0. The van der Waals surface area contributed by atoms with Crippen LogP contribution >= 0.6 is 0 Å². The van der Waals surface area contributed by atoms with Crippen LogP contribution in [0.15, 0.2) is 11.1 Å². The first kappa shape index (κ1) is 12.3. The van der Waals surface area contributed by atoms with Gasteiger partial charge in [-0.1, -0.05) is 32.6 Å². The van der Waals surface area contributed by atoms with Gasteiger partial charge in [-0.25, -0.2) is 4.79 Å². The molecule has 86 valence electrons. The Labute approximate surface area is 92.7 Å². The van der Waals surface area contributed by atoms with Crippen molar-refractivity contribution in [3.8, 4) is 0 Å². The average Bonchev–Trinajstić information content (AvgIpc) is 2.46. The Morgan fingerprint density at radius 2 is 1.80 bits per heavy atom. The second-order valence-electron chi connectivity index (χ2n) is 4.40. The van der Waals surface area contributed by atoms with Gasteiger partial charge in [0.05, 0.1) is 0 Å². The second-order valence-corrected chi connectivity index (χ2v) is 4.40. The zero-order valence-corrected chi connectivity index (χ0v) is 10.1. The molecule has 2 nitrogen and oxygen atoms in total. The van der Waals surface area contributed by atoms with Crippen molar-refractivity contribution < 1.29 is 9.53 Å². The zero-order valence-electron chi connectivity index (χ0n) is 10.1. The van der Waals surface area contributed by atoms with Crippen molar-refractivity contribution in [2.45, 2.75) is 65.4 Å². The topological polar surface area (TPSA) is 26.3 Å². The van der Waals surface area contributed by atoms with Gasteiger partial charge in [-0.05, 0) is 32.3 Å². The van der Waals surface area contributed by atoms with Gasteiger partial charge in [0.1, 0.15) is 6.10 Å². The Morgan fingerprint density at radius 1 is 1.13 bits per heavy atom. The minimum atomic E-state index is -0.119. The summed E-state index contributed by atoms with van der Waals surface area (Å²) in [6.45, 7) is 6.08. The average molecular weight is 210 g/mol. The van der Waals surface area contributed by atoms with Gasteiger partial charge in [-0.3, -0.25) is 0 Å². The van der Waals surface area contributed by atoms with Gasteiger partial charge in [-0.2, -0.15) is 0 Å². The molecule has 0 radical (unpaired) electrons. The molecule has 0 aliphatic carbocycles. The van der Waals surface area contributed by atoms with Crippen LogP contribution in [-0.4, -0.2) is 12.1 Å². The predicted octanol–water partition coefficient (Wildman–Crippen LogP) is 3.61. The molecule has 2 heteroatoms. The van der Waals surface area contributed by atoms with Crippen molar-refractivity contribution in [1.82, 2.24) is 0 Å². The Morgan fingerprint density at radius 3 is 2.33 bits per heavy atom. The van der Waals surface area contributed by atoms with E-state index in [-0.39, 0.29) is 12.1 Å². The highest BCUT2D eigenvalue weighted by molar-refractivity contribution is 5.91. The van der Waals surface area contributed by atoms with Crippen LogP contribution in [0.3, 0.4) is 0 Å². The van der Waals surface area contributed by atoms with E-state index in [2.05, 4.69) is 6.92 Å². The first-order valence-electron chi connectivity index (χ1n) is 6.05. The van der Waals surface area contributed by atoms with E-state index in [1.54, 1.807) is 0 Å². The third kappa shape index (κ3) is 3.37. The van der Waals surface area contributed by atoms with Gasteiger partial charge >= 0.3 is 5.97 Å². The molecule has 0 saturated carbocycles. The quantitative estimate of drug-likeness (QED) is 0.494. The molecule has 1 aliphatic rings. The van der Waals surface area contributed by atoms with Crippen molar-refractivity contribution in [3.63, 3.8) is 0 Å². The molecule has 15 heavy (non-hydrogen) atoms.